The van der Waals surface area contributed by atoms with Gasteiger partial charge in [0.05, 0.1) is 116 Å². The number of methoxy groups -OCH3 is 2. The molecule has 0 radical (unpaired) electrons. The van der Waals surface area contributed by atoms with E-state index in [4.69, 9.17) is 9.47 Å². The van der Waals surface area contributed by atoms with Crippen molar-refractivity contribution in [2.45, 2.75) is 56.8 Å². The Hall–Kier alpha value is -20.3. The lowest BCUT2D eigenvalue weighted by Crippen LogP contribution is -2.66. The fraction of sp³-hybridized carbons (Fsp3) is 0.130. The van der Waals surface area contributed by atoms with Gasteiger partial charge in [-0.05, 0) is 30.9 Å². The number of ether oxygens (including phenoxy) is 2. The van der Waals surface area contributed by atoms with Crippen molar-refractivity contribution in [3.63, 3.8) is 0 Å². The minimum Gasteiger partial charge on any atom is -0.871 e. The monoisotopic (exact) mass is 2050 g/mol. The highest BCUT2D eigenvalue weighted by atomic mass is 16.5. The number of phenolic OH excluding ortho intramolecular Hbond substituents is 18. The quantitative estimate of drug-likeness (QED) is 0.0412. The Morgan fingerprint density at radius 1 is 0.385 bits per heavy atom. The number of allylic oxidation sites excluding steroid dienone is 17. The molecule has 34 N–H and O–H groups in total. The molecule has 2 atom stereocenters. The summed E-state index contributed by atoms with van der Waals surface area (Å²) in [5.74, 6) is -30.0. The predicted octanol–water partition coefficient (Wildman–Crippen LogP) is 4.18. The first kappa shape index (κ1) is 110. The van der Waals surface area contributed by atoms with Crippen LogP contribution in [0.1, 0.15) is 71.9 Å². The summed E-state index contributed by atoms with van der Waals surface area (Å²) in [6.07, 6.45) is 4.41. The van der Waals surface area contributed by atoms with E-state index in [1.807, 2.05) is 13.8 Å². The molecular formula is C100H83O48-3. The van der Waals surface area contributed by atoms with Crippen molar-refractivity contribution in [1.82, 2.24) is 0 Å². The molecule has 7 aromatic carbocycles. The van der Waals surface area contributed by atoms with Gasteiger partial charge in [0.15, 0.2) is 34.7 Å². The molecule has 0 saturated heterocycles. The smallest absolute Gasteiger partial charge is 0.202 e. The summed E-state index contributed by atoms with van der Waals surface area (Å²) in [5, 5.41) is 366. The van der Waals surface area contributed by atoms with E-state index in [1.54, 1.807) is 6.92 Å². The third kappa shape index (κ3) is 20.7. The highest BCUT2D eigenvalue weighted by molar-refractivity contribution is 6.41. The Bertz CT molecular complexity index is 7290. The first-order chi connectivity index (χ1) is 69.3. The molecule has 0 amide bonds. The molecule has 0 spiro atoms. The SMILES string of the molecule is C=C(/C=C(O)\C(=C\O)C1C(=O)C(/C(CO)=C(O)/C=C(\C)OC)=C1O)OC.CC.O=C1C(c2c(O)cc(O)cc2O)=C(O)C1c1c(O)cc(O)cc1O.O=C1C=C(O)C(=C2C(=O)C(c3c(O)cc(O)cc3O)=C2O)C(O)=C1.O=C1C=C(O)C(=C2C(=O)C(c3c(O)cc(O)cc3O)=C2[O-])C(O)=C1.O=C1C=C(O)C(=c2c(=O)c(=C3C(O)=CC(O)C=C3O)c2=O)C(O)=C1.[O-]C1C(c2c(O)cc(O)cc2O)C([O-])C1c1c(O)cc(O)cc1O. The number of aliphatic hydroxyl groups is 16. The Kier molecular flexibility index (Phi) is 31.9. The van der Waals surface area contributed by atoms with Crippen LogP contribution in [0, 0.1) is 5.92 Å². The summed E-state index contributed by atoms with van der Waals surface area (Å²) in [6.45, 7) is 8.29. The second kappa shape index (κ2) is 43.0. The Balaban J connectivity index is 0.000000181. The standard InChI is InChI=1S/C18H22O8.C16H14O8.C16H12O8.3C16H10O8.C2H6/c1-9(25-3)5-13(21)11(7-19)15-17(23)16(18(15)24)12(8-20)14(22)6-10(2)26-4;5*17-5-1-7(19)11(8(20)2-5)13-15(23)14(16(13)24)12-9(21)3-6(18)4-10(12)22;1-2/h5-7,15,19-23H,1,8H2,2-4H3;1-4,13-22H;1-4,13,17-23H;2*1-4,17,19-23H;1-5,17,19-22H;1-2H3/q;-2;;;;;/p-1/b10-6+,11-7-,13-5+,14-12-;;;;;;. The lowest BCUT2D eigenvalue weighted by Gasteiger charge is -2.61. The predicted molar refractivity (Wildman–Crippen MR) is 498 cm³/mol. The van der Waals surface area contributed by atoms with E-state index in [1.165, 1.54) is 20.3 Å². The van der Waals surface area contributed by atoms with Gasteiger partial charge in [-0.2, -0.15) is 0 Å². The van der Waals surface area contributed by atoms with E-state index in [0.717, 1.165) is 127 Å². The molecule has 0 aromatic heterocycles. The highest BCUT2D eigenvalue weighted by Crippen LogP contribution is 2.58. The molecule has 0 heterocycles. The van der Waals surface area contributed by atoms with Crippen LogP contribution >= 0.6 is 0 Å². The zero-order chi connectivity index (χ0) is 111. The largest absolute Gasteiger partial charge is 0.871 e. The fourth-order valence-electron chi connectivity index (χ4n) is 16.0. The van der Waals surface area contributed by atoms with Gasteiger partial charge in [0, 0.05) is 155 Å². The van der Waals surface area contributed by atoms with Crippen molar-refractivity contribution in [1.29, 1.82) is 0 Å². The van der Waals surface area contributed by atoms with Crippen molar-refractivity contribution in [3.05, 3.63) is 342 Å². The molecule has 9 aliphatic rings. The van der Waals surface area contributed by atoms with Gasteiger partial charge in [-0.1, -0.05) is 26.2 Å². The molecule has 774 valence electrons. The third-order valence-electron chi connectivity index (χ3n) is 22.7. The van der Waals surface area contributed by atoms with Crippen LogP contribution in [0.5, 0.6) is 103 Å². The number of benzene rings is 6. The number of hydrogen-bond donors (Lipinski definition) is 34. The molecule has 148 heavy (non-hydrogen) atoms. The number of carbonyl (C=O) groups excluding carboxylic acids is 7. The molecule has 0 bridgehead atoms. The Labute approximate surface area is 825 Å². The summed E-state index contributed by atoms with van der Waals surface area (Å²) >= 11 is 0. The van der Waals surface area contributed by atoms with Gasteiger partial charge in [0.2, 0.25) is 16.6 Å². The summed E-state index contributed by atoms with van der Waals surface area (Å²) in [4.78, 5) is 107. The highest BCUT2D eigenvalue weighted by Gasteiger charge is 2.50. The molecule has 0 aliphatic heterocycles. The van der Waals surface area contributed by atoms with E-state index in [-0.39, 0.29) is 44.7 Å². The van der Waals surface area contributed by atoms with Gasteiger partial charge in [-0.3, -0.25) is 43.2 Å². The van der Waals surface area contributed by atoms with Gasteiger partial charge in [0.1, 0.15) is 196 Å². The van der Waals surface area contributed by atoms with Crippen LogP contribution in [0.4, 0.5) is 0 Å². The van der Waals surface area contributed by atoms with Crippen molar-refractivity contribution in [3.8, 4) is 103 Å². The number of aromatic hydroxyl groups is 18. The van der Waals surface area contributed by atoms with Crippen LogP contribution in [0.15, 0.2) is 287 Å². The molecular weight excluding hydrogens is 1970 g/mol. The second-order valence-corrected chi connectivity index (χ2v) is 31.9. The van der Waals surface area contributed by atoms with E-state index in [0.29, 0.717) is 12.0 Å². The van der Waals surface area contributed by atoms with Crippen LogP contribution in [0.3, 0.4) is 0 Å². The number of phenols is 18. The molecule has 9 aliphatic carbocycles. The molecule has 1 fully saturated rings. The van der Waals surface area contributed by atoms with Crippen LogP contribution in [0.2, 0.25) is 0 Å². The minimum atomic E-state index is -1.66. The van der Waals surface area contributed by atoms with Crippen LogP contribution in [-0.4, -0.2) is 253 Å². The number of aliphatic hydroxyl groups excluding tert-OH is 16. The molecule has 2 unspecified atom stereocenters. The number of rotatable bonds is 14. The van der Waals surface area contributed by atoms with Crippen LogP contribution in [0.25, 0.3) is 27.9 Å². The normalized spacial score (nSPS) is 19.7. The summed E-state index contributed by atoms with van der Waals surface area (Å²) in [5.41, 5.74) is -9.08. The van der Waals surface area contributed by atoms with E-state index in [9.17, 15) is 232 Å². The Morgan fingerprint density at radius 3 is 1.01 bits per heavy atom. The lowest BCUT2D eigenvalue weighted by molar-refractivity contribution is -0.536. The maximum absolute atomic E-state index is 12.5. The topological polar surface area (TPSA) is 929 Å². The zero-order valence-electron chi connectivity index (χ0n) is 76.2. The van der Waals surface area contributed by atoms with Gasteiger partial charge < -0.3 is 198 Å². The summed E-state index contributed by atoms with van der Waals surface area (Å²) < 4.78 is 9.64. The molecule has 48 nitrogen and oxygen atoms in total. The molecule has 48 heteroatoms. The van der Waals surface area contributed by atoms with Crippen molar-refractivity contribution < 1.29 is 232 Å². The number of Topliss-reactive ketones (excluding diaryl/α,β-unsaturated/α-hetero) is 4. The maximum Gasteiger partial charge on any atom is 0.202 e. The molecule has 7 aromatic rings. The van der Waals surface area contributed by atoms with Gasteiger partial charge in [-0.15, -0.1) is 12.2 Å². The number of ketones is 7. The zero-order valence-corrected chi connectivity index (χ0v) is 76.2. The van der Waals surface area contributed by atoms with Gasteiger partial charge in [0.25, 0.3) is 0 Å². The summed E-state index contributed by atoms with van der Waals surface area (Å²) in [7, 11) is 2.69. The first-order valence-electron chi connectivity index (χ1n) is 41.9. The minimum absolute atomic E-state index is 0.0612. The molecule has 16 rings (SSSR count). The maximum atomic E-state index is 12.5. The van der Waals surface area contributed by atoms with E-state index < -0.39 is 356 Å². The van der Waals surface area contributed by atoms with Crippen LogP contribution < -0.4 is 36.6 Å². The Morgan fingerprint density at radius 2 is 0.696 bits per heavy atom. The third-order valence-corrected chi connectivity index (χ3v) is 22.7. The number of carbonyl (C=O) groups is 7. The fourth-order valence-corrected chi connectivity index (χ4v) is 16.0. The van der Waals surface area contributed by atoms with Crippen molar-refractivity contribution in [2.75, 3.05) is 20.8 Å². The van der Waals surface area contributed by atoms with E-state index in [2.05, 4.69) is 6.58 Å². The molecule has 1 saturated carbocycles. The van der Waals surface area contributed by atoms with Crippen molar-refractivity contribution in [2.24, 2.45) is 5.92 Å². The van der Waals surface area contributed by atoms with Gasteiger partial charge in [-0.25, -0.2) is 0 Å². The first-order valence-corrected chi connectivity index (χ1v) is 41.9. The summed E-state index contributed by atoms with van der Waals surface area (Å²) in [6, 6.07) is 10.5. The lowest BCUT2D eigenvalue weighted by atomic mass is 9.62. The van der Waals surface area contributed by atoms with E-state index >= 15 is 0 Å². The number of hydrogen-bond acceptors (Lipinski definition) is 48. The van der Waals surface area contributed by atoms with Gasteiger partial charge >= 0.3 is 0 Å². The van der Waals surface area contributed by atoms with Crippen LogP contribution in [-0.2, 0) is 43.0 Å². The average molecular weight is 2050 g/mol. The van der Waals surface area contributed by atoms with Crippen molar-refractivity contribution >= 4 is 68.3 Å². The second-order valence-electron chi connectivity index (χ2n) is 31.9. The average Bonchev–Trinajstić information content (AvgIpc) is 0.735.